The minimum atomic E-state index is -1.28. The second-order valence-electron chi connectivity index (χ2n) is 9.71. The first-order chi connectivity index (χ1) is 19.2. The largest absolute Gasteiger partial charge is 0.477 e. The Kier molecular flexibility index (Phi) is 7.81. The quantitative estimate of drug-likeness (QED) is 0.303. The number of likely N-dealkylation sites (N-methyl/N-ethyl adjacent to an activating group) is 1. The number of thioether (sulfide) groups is 1. The van der Waals surface area contributed by atoms with E-state index in [0.717, 1.165) is 11.3 Å². The molecule has 5 rings (SSSR count). The molecule has 4 aliphatic heterocycles. The monoisotopic (exact) mass is 571 g/mol. The molecule has 14 heteroatoms. The van der Waals surface area contributed by atoms with Gasteiger partial charge in [0.2, 0.25) is 5.91 Å². The molecule has 6 amide bonds. The number of piperazine rings is 1. The lowest BCUT2D eigenvalue weighted by atomic mass is 9.98. The van der Waals surface area contributed by atoms with Gasteiger partial charge in [0.25, 0.3) is 5.91 Å². The molecule has 4 aliphatic rings. The number of carbonyl (C=O) groups is 6. The Hall–Kier alpha value is -3.91. The number of ether oxygens (including phenoxy) is 1. The molecule has 0 bridgehead atoms. The Labute approximate surface area is 233 Å². The van der Waals surface area contributed by atoms with Gasteiger partial charge >= 0.3 is 23.8 Å². The zero-order valence-electron chi connectivity index (χ0n) is 21.7. The molecule has 1 aromatic carbocycles. The number of nitrogens with one attached hydrogen (secondary N) is 2. The van der Waals surface area contributed by atoms with Crippen LogP contribution in [0, 0.1) is 0 Å². The van der Waals surface area contributed by atoms with E-state index in [1.54, 1.807) is 37.3 Å². The van der Waals surface area contributed by atoms with Crippen molar-refractivity contribution in [3.8, 4) is 0 Å². The molecule has 13 nitrogen and oxygen atoms in total. The normalized spacial score (nSPS) is 25.4. The summed E-state index contributed by atoms with van der Waals surface area (Å²) >= 11 is 1.34. The molecular formula is C26H29N5O8S. The lowest BCUT2D eigenvalue weighted by Crippen LogP contribution is -2.71. The lowest BCUT2D eigenvalue weighted by molar-refractivity contribution is -0.153. The number of aliphatic carboxylic acids is 1. The van der Waals surface area contributed by atoms with Crippen molar-refractivity contribution in [2.75, 3.05) is 32.0 Å². The highest BCUT2D eigenvalue weighted by Crippen LogP contribution is 2.43. The van der Waals surface area contributed by atoms with E-state index < -0.39 is 53.1 Å². The van der Waals surface area contributed by atoms with Crippen molar-refractivity contribution in [3.63, 3.8) is 0 Å². The van der Waals surface area contributed by atoms with Crippen LogP contribution in [0.15, 0.2) is 41.6 Å². The van der Waals surface area contributed by atoms with Crippen molar-refractivity contribution >= 4 is 47.4 Å². The topological polar surface area (TPSA) is 166 Å². The van der Waals surface area contributed by atoms with Gasteiger partial charge in [0, 0.05) is 32.0 Å². The standard InChI is InChI=1S/C26H29N5O8S/c1-2-29-10-11-30(23(35)22(29)34)26(38)28-17(14-7-4-3-5-8-14)20(32)27-18-21(33)31-19(25(36)37)15(13-40-24(18)31)16-9-6-12-39-16/h3-5,7-8,16-18,24H,2,6,9-13H2,1H3,(H,27,32)(H,28,38)(H,36,37)/t16-,17+,18+,24+/m0/s1. The predicted molar refractivity (Wildman–Crippen MR) is 140 cm³/mol. The van der Waals surface area contributed by atoms with Crippen molar-refractivity contribution in [1.82, 2.24) is 25.3 Å². The van der Waals surface area contributed by atoms with Crippen molar-refractivity contribution < 1.29 is 38.6 Å². The highest BCUT2D eigenvalue weighted by molar-refractivity contribution is 8.00. The van der Waals surface area contributed by atoms with Crippen LogP contribution < -0.4 is 10.6 Å². The van der Waals surface area contributed by atoms with Crippen LogP contribution in [-0.4, -0.2) is 105 Å². The summed E-state index contributed by atoms with van der Waals surface area (Å²) in [6.07, 6.45) is 1.13. The van der Waals surface area contributed by atoms with Gasteiger partial charge in [0.1, 0.15) is 23.2 Å². The third-order valence-electron chi connectivity index (χ3n) is 7.42. The Bertz CT molecular complexity index is 1280. The van der Waals surface area contributed by atoms with E-state index in [2.05, 4.69) is 10.6 Å². The van der Waals surface area contributed by atoms with Crippen molar-refractivity contribution in [2.45, 2.75) is 43.3 Å². The zero-order valence-corrected chi connectivity index (χ0v) is 22.5. The molecule has 0 aliphatic carbocycles. The molecule has 4 atom stereocenters. The molecule has 0 radical (unpaired) electrons. The molecule has 3 N–H and O–H groups in total. The first kappa shape index (κ1) is 27.6. The summed E-state index contributed by atoms with van der Waals surface area (Å²) in [7, 11) is 0. The zero-order chi connectivity index (χ0) is 28.6. The number of amides is 6. The molecular weight excluding hydrogens is 542 g/mol. The number of hydrogen-bond acceptors (Lipinski definition) is 8. The van der Waals surface area contributed by atoms with Crippen molar-refractivity contribution in [1.29, 1.82) is 0 Å². The SMILES string of the molecule is CCN1CCN(C(=O)N[C@@H](C(=O)N[C@@H]2C(=O)N3C(C(=O)O)=C([C@@H]4CCCO4)CS[C@H]23)c2ccccc2)C(=O)C1=O. The number of rotatable bonds is 7. The second kappa shape index (κ2) is 11.3. The van der Waals surface area contributed by atoms with Crippen LogP contribution in [0.5, 0.6) is 0 Å². The van der Waals surface area contributed by atoms with Crippen LogP contribution in [0.25, 0.3) is 0 Å². The maximum Gasteiger partial charge on any atom is 0.352 e. The number of carboxylic acids is 1. The van der Waals surface area contributed by atoms with Gasteiger partial charge in [-0.15, -0.1) is 11.8 Å². The molecule has 3 fully saturated rings. The number of carboxylic acid groups (broad SMARTS) is 1. The molecule has 212 valence electrons. The number of hydrogen-bond donors (Lipinski definition) is 3. The summed E-state index contributed by atoms with van der Waals surface area (Å²) in [6.45, 7) is 2.73. The van der Waals surface area contributed by atoms with E-state index in [9.17, 15) is 33.9 Å². The number of fused-ring (bicyclic) bond motifs is 1. The van der Waals surface area contributed by atoms with Crippen LogP contribution in [0.1, 0.15) is 31.4 Å². The molecule has 0 unspecified atom stereocenters. The number of benzene rings is 1. The average Bonchev–Trinajstić information content (AvgIpc) is 3.50. The van der Waals surface area contributed by atoms with E-state index in [-0.39, 0.29) is 24.9 Å². The number of nitrogens with zero attached hydrogens (tertiary/aromatic N) is 3. The minimum absolute atomic E-state index is 0.0283. The first-order valence-electron chi connectivity index (χ1n) is 13.0. The van der Waals surface area contributed by atoms with E-state index in [1.807, 2.05) is 0 Å². The van der Waals surface area contributed by atoms with Crippen LogP contribution in [-0.2, 0) is 28.7 Å². The summed E-state index contributed by atoms with van der Waals surface area (Å²) < 4.78 is 5.67. The van der Waals surface area contributed by atoms with E-state index in [4.69, 9.17) is 4.74 Å². The first-order valence-corrected chi connectivity index (χ1v) is 14.1. The summed E-state index contributed by atoms with van der Waals surface area (Å²) in [5.74, 6) is -3.97. The summed E-state index contributed by atoms with van der Waals surface area (Å²) in [6, 6.07) is 5.06. The molecule has 0 spiro atoms. The third kappa shape index (κ3) is 4.92. The highest BCUT2D eigenvalue weighted by Gasteiger charge is 2.55. The summed E-state index contributed by atoms with van der Waals surface area (Å²) in [5, 5.41) is 14.5. The number of imide groups is 1. The van der Waals surface area contributed by atoms with E-state index in [0.29, 0.717) is 36.5 Å². The van der Waals surface area contributed by atoms with Gasteiger partial charge in [-0.3, -0.25) is 29.0 Å². The number of β-lactam (4-membered cyclic amide) rings is 1. The Morgan fingerprint density at radius 3 is 2.52 bits per heavy atom. The molecule has 40 heavy (non-hydrogen) atoms. The fourth-order valence-corrected chi connectivity index (χ4v) is 6.70. The Morgan fingerprint density at radius 1 is 1.12 bits per heavy atom. The van der Waals surface area contributed by atoms with Gasteiger partial charge in [-0.25, -0.2) is 9.59 Å². The average molecular weight is 572 g/mol. The van der Waals surface area contributed by atoms with Crippen LogP contribution in [0.3, 0.4) is 0 Å². The van der Waals surface area contributed by atoms with Gasteiger partial charge in [-0.1, -0.05) is 30.3 Å². The summed E-state index contributed by atoms with van der Waals surface area (Å²) in [5.41, 5.74) is 0.848. The van der Waals surface area contributed by atoms with E-state index >= 15 is 0 Å². The van der Waals surface area contributed by atoms with Gasteiger partial charge in [-0.2, -0.15) is 0 Å². The van der Waals surface area contributed by atoms with Gasteiger partial charge in [0.05, 0.1) is 6.10 Å². The fourth-order valence-electron chi connectivity index (χ4n) is 5.30. The van der Waals surface area contributed by atoms with E-state index in [1.165, 1.54) is 21.6 Å². The molecule has 0 aromatic heterocycles. The highest BCUT2D eigenvalue weighted by atomic mass is 32.2. The van der Waals surface area contributed by atoms with Crippen molar-refractivity contribution in [2.24, 2.45) is 0 Å². The second-order valence-corrected chi connectivity index (χ2v) is 10.8. The fraction of sp³-hybridized carbons (Fsp3) is 0.462. The van der Waals surface area contributed by atoms with Crippen LogP contribution >= 0.6 is 11.8 Å². The van der Waals surface area contributed by atoms with Crippen LogP contribution in [0.4, 0.5) is 4.79 Å². The minimum Gasteiger partial charge on any atom is -0.477 e. The predicted octanol–water partition coefficient (Wildman–Crippen LogP) is 0.0456. The maximum atomic E-state index is 13.5. The lowest BCUT2D eigenvalue weighted by Gasteiger charge is -2.50. The Morgan fingerprint density at radius 2 is 1.88 bits per heavy atom. The number of carbonyl (C=O) groups excluding carboxylic acids is 5. The molecule has 4 heterocycles. The summed E-state index contributed by atoms with van der Waals surface area (Å²) in [4.78, 5) is 79.9. The smallest absolute Gasteiger partial charge is 0.352 e. The maximum absolute atomic E-state index is 13.5. The molecule has 3 saturated heterocycles. The third-order valence-corrected chi connectivity index (χ3v) is 8.72. The Balaban J connectivity index is 1.32. The van der Waals surface area contributed by atoms with Crippen molar-refractivity contribution in [3.05, 3.63) is 47.2 Å². The molecule has 0 saturated carbocycles. The molecule has 1 aromatic rings. The van der Waals surface area contributed by atoms with Gasteiger partial charge in [-0.05, 0) is 30.9 Å². The van der Waals surface area contributed by atoms with Gasteiger partial charge < -0.3 is 25.4 Å². The van der Waals surface area contributed by atoms with Gasteiger partial charge in [0.15, 0.2) is 0 Å². The van der Waals surface area contributed by atoms with Crippen LogP contribution in [0.2, 0.25) is 0 Å². The number of urea groups is 1.